The van der Waals surface area contributed by atoms with Crippen molar-refractivity contribution in [2.75, 3.05) is 45.8 Å². The van der Waals surface area contributed by atoms with Gasteiger partial charge in [-0.25, -0.2) is 0 Å². The molecular formula is C28H34Cl3F6N3O3. The molecule has 2 fully saturated rings. The van der Waals surface area contributed by atoms with Gasteiger partial charge < -0.3 is 14.7 Å². The third-order valence-electron chi connectivity index (χ3n) is 7.37. The number of alkyl halides is 6. The fraction of sp³-hybridized carbons (Fsp3) is 0.536. The molecule has 0 aromatic heterocycles. The Balaban J connectivity index is 0.00000323. The molecule has 0 spiro atoms. The Bertz CT molecular complexity index is 1210. The summed E-state index contributed by atoms with van der Waals surface area (Å²) in [6, 6.07) is 4.95. The highest BCUT2D eigenvalue weighted by molar-refractivity contribution is 6.32. The number of carbonyl (C=O) groups is 1. The summed E-state index contributed by atoms with van der Waals surface area (Å²) in [5, 5.41) is 10.2. The largest absolute Gasteiger partial charge is 0.506 e. The first-order chi connectivity index (χ1) is 19.1. The molecule has 4 rings (SSSR count). The summed E-state index contributed by atoms with van der Waals surface area (Å²) in [5.41, 5.74) is -3.14. The Hall–Kier alpha value is -1.96. The van der Waals surface area contributed by atoms with Crippen LogP contribution in [0, 0.1) is 0 Å². The van der Waals surface area contributed by atoms with E-state index in [9.17, 15) is 36.2 Å². The molecule has 1 amide bonds. The van der Waals surface area contributed by atoms with Gasteiger partial charge >= 0.3 is 12.4 Å². The van der Waals surface area contributed by atoms with Crippen molar-refractivity contribution in [3.05, 3.63) is 63.7 Å². The molecule has 2 unspecified atom stereocenters. The number of morpholine rings is 1. The standard InChI is InChI=1S/C28H32ClF6N3O3.2ClH/c1-17-14-37(15-18(2)41-17)6-5-36-7-8-38(23(16-36)9-19-3-4-24(29)25(39)10-19)26(40)20-11-21(27(30,31)32)13-22(12-20)28(33,34)35;;/h3-4,10-13,17-18,23,39H,5-9,14-16H2,1-2H3;2*1H/t17?,18?,23-;;/m1../s1. The van der Waals surface area contributed by atoms with Crippen molar-refractivity contribution < 1.29 is 41.0 Å². The molecule has 242 valence electrons. The number of phenolic OH excluding ortho intramolecular Hbond substituents is 1. The number of amides is 1. The van der Waals surface area contributed by atoms with Gasteiger partial charge in [0, 0.05) is 57.4 Å². The number of nitrogens with zero attached hydrogens (tertiary/aromatic N) is 3. The van der Waals surface area contributed by atoms with Crippen molar-refractivity contribution in [3.63, 3.8) is 0 Å². The first-order valence-electron chi connectivity index (χ1n) is 13.3. The summed E-state index contributed by atoms with van der Waals surface area (Å²) in [6.45, 7) is 7.79. The number of benzene rings is 2. The zero-order chi connectivity index (χ0) is 30.1. The second-order valence-electron chi connectivity index (χ2n) is 10.8. The molecule has 0 saturated carbocycles. The molecule has 2 aliphatic heterocycles. The van der Waals surface area contributed by atoms with Crippen LogP contribution in [0.4, 0.5) is 26.3 Å². The second kappa shape index (κ2) is 14.9. The normalized spacial score (nSPS) is 22.1. The highest BCUT2D eigenvalue weighted by Crippen LogP contribution is 2.37. The molecule has 43 heavy (non-hydrogen) atoms. The van der Waals surface area contributed by atoms with Gasteiger partial charge in [0.15, 0.2) is 0 Å². The Labute approximate surface area is 263 Å². The van der Waals surface area contributed by atoms with Crippen molar-refractivity contribution in [2.24, 2.45) is 0 Å². The lowest BCUT2D eigenvalue weighted by Crippen LogP contribution is -2.57. The molecule has 2 aromatic rings. The van der Waals surface area contributed by atoms with Gasteiger partial charge in [-0.3, -0.25) is 14.6 Å². The van der Waals surface area contributed by atoms with Gasteiger partial charge in [0.05, 0.1) is 28.4 Å². The average molecular weight is 681 g/mol. The van der Waals surface area contributed by atoms with Crippen molar-refractivity contribution in [1.29, 1.82) is 0 Å². The lowest BCUT2D eigenvalue weighted by Gasteiger charge is -2.43. The number of aromatic hydroxyl groups is 1. The zero-order valence-corrected chi connectivity index (χ0v) is 25.8. The van der Waals surface area contributed by atoms with Crippen molar-refractivity contribution in [3.8, 4) is 5.75 Å². The minimum atomic E-state index is -5.07. The van der Waals surface area contributed by atoms with Crippen LogP contribution in [0.25, 0.3) is 0 Å². The monoisotopic (exact) mass is 679 g/mol. The molecular weight excluding hydrogens is 647 g/mol. The van der Waals surface area contributed by atoms with Gasteiger partial charge in [-0.1, -0.05) is 17.7 Å². The lowest BCUT2D eigenvalue weighted by molar-refractivity contribution is -0.143. The number of phenols is 1. The maximum absolute atomic E-state index is 13.5. The fourth-order valence-electron chi connectivity index (χ4n) is 5.52. The minimum Gasteiger partial charge on any atom is -0.506 e. The number of carbonyl (C=O) groups excluding carboxylic acids is 1. The van der Waals surface area contributed by atoms with E-state index < -0.39 is 41.0 Å². The van der Waals surface area contributed by atoms with Crippen molar-refractivity contribution in [1.82, 2.24) is 14.7 Å². The third kappa shape index (κ3) is 9.76. The predicted octanol–water partition coefficient (Wildman–Crippen LogP) is 6.41. The summed E-state index contributed by atoms with van der Waals surface area (Å²) in [4.78, 5) is 19.3. The van der Waals surface area contributed by atoms with Crippen LogP contribution >= 0.6 is 36.4 Å². The molecule has 2 aromatic carbocycles. The Morgan fingerprint density at radius 1 is 0.884 bits per heavy atom. The topological polar surface area (TPSA) is 56.2 Å². The van der Waals surface area contributed by atoms with E-state index in [0.29, 0.717) is 37.3 Å². The van der Waals surface area contributed by atoms with Gasteiger partial charge in [-0.15, -0.1) is 24.8 Å². The highest BCUT2D eigenvalue weighted by Gasteiger charge is 2.39. The van der Waals surface area contributed by atoms with Crippen LogP contribution in [0.3, 0.4) is 0 Å². The van der Waals surface area contributed by atoms with Crippen LogP contribution in [0.1, 0.15) is 40.9 Å². The first kappa shape index (κ1) is 37.2. The zero-order valence-electron chi connectivity index (χ0n) is 23.4. The van der Waals surface area contributed by atoms with Gasteiger partial charge in [-0.2, -0.15) is 26.3 Å². The van der Waals surface area contributed by atoms with E-state index in [-0.39, 0.29) is 66.8 Å². The average Bonchev–Trinajstić information content (AvgIpc) is 2.87. The molecule has 6 nitrogen and oxygen atoms in total. The van der Waals surface area contributed by atoms with E-state index in [1.54, 1.807) is 6.07 Å². The van der Waals surface area contributed by atoms with E-state index in [0.717, 1.165) is 19.6 Å². The van der Waals surface area contributed by atoms with Crippen LogP contribution in [0.2, 0.25) is 5.02 Å². The van der Waals surface area contributed by atoms with Gasteiger partial charge in [-0.05, 0) is 56.2 Å². The number of ether oxygens (including phenoxy) is 1. The van der Waals surface area contributed by atoms with Crippen LogP contribution in [-0.2, 0) is 23.5 Å². The van der Waals surface area contributed by atoms with Crippen LogP contribution in [-0.4, -0.2) is 89.8 Å². The summed E-state index contributed by atoms with van der Waals surface area (Å²) in [6.07, 6.45) is -9.74. The maximum Gasteiger partial charge on any atom is 0.416 e. The molecule has 2 heterocycles. The number of halogens is 9. The molecule has 1 N–H and O–H groups in total. The lowest BCUT2D eigenvalue weighted by atomic mass is 9.99. The third-order valence-corrected chi connectivity index (χ3v) is 7.69. The second-order valence-corrected chi connectivity index (χ2v) is 11.2. The van der Waals surface area contributed by atoms with E-state index in [1.807, 2.05) is 13.8 Å². The van der Waals surface area contributed by atoms with Crippen LogP contribution < -0.4 is 0 Å². The Kier molecular flexibility index (Phi) is 12.9. The van der Waals surface area contributed by atoms with Crippen molar-refractivity contribution >= 4 is 42.3 Å². The highest BCUT2D eigenvalue weighted by atomic mass is 35.5. The number of hydrogen-bond donors (Lipinski definition) is 1. The van der Waals surface area contributed by atoms with Gasteiger partial charge in [0.25, 0.3) is 5.91 Å². The predicted molar refractivity (Wildman–Crippen MR) is 155 cm³/mol. The quantitative estimate of drug-likeness (QED) is 0.358. The molecule has 0 radical (unpaired) electrons. The van der Waals surface area contributed by atoms with E-state index in [2.05, 4.69) is 9.80 Å². The Morgan fingerprint density at radius 3 is 1.98 bits per heavy atom. The fourth-order valence-corrected chi connectivity index (χ4v) is 5.63. The maximum atomic E-state index is 13.5. The SMILES string of the molecule is CC1CN(CCN2CCN(C(=O)c3cc(C(F)(F)F)cc(C(F)(F)F)c3)[C@H](Cc3ccc(Cl)c(O)c3)C2)CC(C)O1.Cl.Cl. The molecule has 2 aliphatic rings. The van der Waals surface area contributed by atoms with Gasteiger partial charge in [0.2, 0.25) is 0 Å². The molecule has 3 atom stereocenters. The molecule has 15 heteroatoms. The number of rotatable bonds is 6. The first-order valence-corrected chi connectivity index (χ1v) is 13.7. The summed E-state index contributed by atoms with van der Waals surface area (Å²) in [5.74, 6) is -1.08. The van der Waals surface area contributed by atoms with Gasteiger partial charge in [0.1, 0.15) is 5.75 Å². The molecule has 0 aliphatic carbocycles. The van der Waals surface area contributed by atoms with E-state index >= 15 is 0 Å². The minimum absolute atomic E-state index is 0. The molecule has 0 bridgehead atoms. The van der Waals surface area contributed by atoms with E-state index in [4.69, 9.17) is 16.3 Å². The van der Waals surface area contributed by atoms with Crippen molar-refractivity contribution in [2.45, 2.75) is 50.9 Å². The smallest absolute Gasteiger partial charge is 0.416 e. The molecule has 2 saturated heterocycles. The van der Waals surface area contributed by atoms with Crippen LogP contribution in [0.5, 0.6) is 5.75 Å². The van der Waals surface area contributed by atoms with E-state index in [1.165, 1.54) is 17.0 Å². The number of piperazine rings is 1. The Morgan fingerprint density at radius 2 is 1.44 bits per heavy atom. The summed E-state index contributed by atoms with van der Waals surface area (Å²) >= 11 is 5.92. The summed E-state index contributed by atoms with van der Waals surface area (Å²) < 4.78 is 86.6. The summed E-state index contributed by atoms with van der Waals surface area (Å²) in [7, 11) is 0. The number of hydrogen-bond acceptors (Lipinski definition) is 5. The van der Waals surface area contributed by atoms with Crippen LogP contribution in [0.15, 0.2) is 36.4 Å².